The molecule has 6 heteroatoms. The Hall–Kier alpha value is -2.21. The molecule has 1 aliphatic heterocycles. The van der Waals surface area contributed by atoms with Crippen LogP contribution in [0.3, 0.4) is 0 Å². The van der Waals surface area contributed by atoms with E-state index >= 15 is 0 Å². The Labute approximate surface area is 142 Å². The number of nitrogens with one attached hydrogen (secondary N) is 1. The van der Waals surface area contributed by atoms with Crippen LogP contribution < -0.4 is 19.5 Å². The Morgan fingerprint density at radius 2 is 2.04 bits per heavy atom. The maximum absolute atomic E-state index is 11.8. The summed E-state index contributed by atoms with van der Waals surface area (Å²) in [6.45, 7) is 0.736. The van der Waals surface area contributed by atoms with Gasteiger partial charge in [-0.25, -0.2) is 0 Å². The summed E-state index contributed by atoms with van der Waals surface area (Å²) in [7, 11) is 0. The lowest BCUT2D eigenvalue weighted by Gasteiger charge is -2.26. The molecule has 0 bridgehead atoms. The van der Waals surface area contributed by atoms with Crippen molar-refractivity contribution in [2.45, 2.75) is 6.10 Å². The second-order valence-corrected chi connectivity index (χ2v) is 5.96. The summed E-state index contributed by atoms with van der Waals surface area (Å²) in [6.07, 6.45) is -0.209. The monoisotopic (exact) mass is 377 g/mol. The van der Waals surface area contributed by atoms with Gasteiger partial charge in [-0.3, -0.25) is 4.79 Å². The Morgan fingerprint density at radius 1 is 1.22 bits per heavy atom. The van der Waals surface area contributed by atoms with Crippen molar-refractivity contribution >= 4 is 21.8 Å². The Morgan fingerprint density at radius 3 is 2.87 bits per heavy atom. The van der Waals surface area contributed by atoms with E-state index in [0.29, 0.717) is 24.7 Å². The van der Waals surface area contributed by atoms with Crippen molar-refractivity contribution in [3.05, 3.63) is 53.0 Å². The summed E-state index contributed by atoms with van der Waals surface area (Å²) in [4.78, 5) is 11.8. The van der Waals surface area contributed by atoms with Gasteiger partial charge in [0, 0.05) is 4.47 Å². The number of hydrogen-bond acceptors (Lipinski definition) is 4. The predicted octanol–water partition coefficient (Wildman–Crippen LogP) is 2.78. The molecule has 0 fully saturated rings. The molecule has 2 aromatic rings. The van der Waals surface area contributed by atoms with Gasteiger partial charge < -0.3 is 19.5 Å². The summed E-state index contributed by atoms with van der Waals surface area (Å²) in [5.74, 6) is 1.87. The van der Waals surface area contributed by atoms with E-state index in [9.17, 15) is 4.79 Å². The first-order valence-electron chi connectivity index (χ1n) is 7.24. The molecule has 2 aromatic carbocycles. The molecule has 1 amide bonds. The van der Waals surface area contributed by atoms with Crippen molar-refractivity contribution in [2.24, 2.45) is 0 Å². The summed E-state index contributed by atoms with van der Waals surface area (Å²) in [6, 6.07) is 14.8. The van der Waals surface area contributed by atoms with E-state index < -0.39 is 0 Å². The number of halogens is 1. The smallest absolute Gasteiger partial charge is 0.258 e. The molecule has 0 spiro atoms. The van der Waals surface area contributed by atoms with E-state index in [1.54, 1.807) is 6.07 Å². The summed E-state index contributed by atoms with van der Waals surface area (Å²) < 4.78 is 17.7. The van der Waals surface area contributed by atoms with Gasteiger partial charge in [0.1, 0.15) is 18.5 Å². The van der Waals surface area contributed by atoms with Crippen LogP contribution in [-0.2, 0) is 4.79 Å². The third-order valence-electron chi connectivity index (χ3n) is 3.26. The van der Waals surface area contributed by atoms with E-state index in [-0.39, 0.29) is 18.6 Å². The van der Waals surface area contributed by atoms with Crippen molar-refractivity contribution in [2.75, 3.05) is 19.8 Å². The van der Waals surface area contributed by atoms with Crippen LogP contribution in [0.25, 0.3) is 0 Å². The van der Waals surface area contributed by atoms with E-state index in [0.717, 1.165) is 10.2 Å². The highest BCUT2D eigenvalue weighted by molar-refractivity contribution is 9.10. The van der Waals surface area contributed by atoms with E-state index in [1.165, 1.54) is 0 Å². The molecule has 23 heavy (non-hydrogen) atoms. The largest absolute Gasteiger partial charge is 0.486 e. The molecule has 0 radical (unpaired) electrons. The van der Waals surface area contributed by atoms with E-state index in [1.807, 2.05) is 42.5 Å². The van der Waals surface area contributed by atoms with Gasteiger partial charge >= 0.3 is 0 Å². The highest BCUT2D eigenvalue weighted by Gasteiger charge is 2.21. The van der Waals surface area contributed by atoms with Gasteiger partial charge in [0.05, 0.1) is 6.54 Å². The number of para-hydroxylation sites is 2. The van der Waals surface area contributed by atoms with Gasteiger partial charge in [-0.15, -0.1) is 0 Å². The topological polar surface area (TPSA) is 56.8 Å². The predicted molar refractivity (Wildman–Crippen MR) is 89.0 cm³/mol. The molecule has 0 saturated carbocycles. The molecule has 3 rings (SSSR count). The van der Waals surface area contributed by atoms with Crippen LogP contribution in [0.4, 0.5) is 0 Å². The van der Waals surface area contributed by atoms with Crippen molar-refractivity contribution in [3.8, 4) is 17.2 Å². The van der Waals surface area contributed by atoms with Crippen molar-refractivity contribution in [1.82, 2.24) is 5.32 Å². The number of carbonyl (C=O) groups is 1. The van der Waals surface area contributed by atoms with Gasteiger partial charge in [-0.05, 0) is 30.3 Å². The third kappa shape index (κ3) is 4.39. The molecule has 120 valence electrons. The zero-order chi connectivity index (χ0) is 16.1. The Bertz CT molecular complexity index is 692. The molecule has 0 unspecified atom stereocenters. The molecule has 5 nitrogen and oxygen atoms in total. The van der Waals surface area contributed by atoms with Gasteiger partial charge in [0.25, 0.3) is 5.91 Å². The molecular formula is C17H16BrNO4. The van der Waals surface area contributed by atoms with Crippen LogP contribution in [-0.4, -0.2) is 31.8 Å². The first-order valence-corrected chi connectivity index (χ1v) is 8.03. The maximum Gasteiger partial charge on any atom is 0.258 e. The van der Waals surface area contributed by atoms with Crippen LogP contribution in [0.5, 0.6) is 17.2 Å². The second-order valence-electron chi connectivity index (χ2n) is 5.05. The fourth-order valence-electron chi connectivity index (χ4n) is 2.15. The fraction of sp³-hybridized carbons (Fsp3) is 0.235. The number of carbonyl (C=O) groups excluding carboxylic acids is 1. The van der Waals surface area contributed by atoms with Gasteiger partial charge in [-0.2, -0.15) is 0 Å². The highest BCUT2D eigenvalue weighted by Crippen LogP contribution is 2.30. The third-order valence-corrected chi connectivity index (χ3v) is 3.75. The number of benzene rings is 2. The average Bonchev–Trinajstić information content (AvgIpc) is 2.58. The van der Waals surface area contributed by atoms with Gasteiger partial charge in [0.15, 0.2) is 18.1 Å². The van der Waals surface area contributed by atoms with Crippen LogP contribution in [0.2, 0.25) is 0 Å². The lowest BCUT2D eigenvalue weighted by atomic mass is 10.2. The van der Waals surface area contributed by atoms with Crippen LogP contribution >= 0.6 is 15.9 Å². The van der Waals surface area contributed by atoms with Crippen LogP contribution in [0.15, 0.2) is 53.0 Å². The minimum Gasteiger partial charge on any atom is -0.486 e. The number of ether oxygens (including phenoxy) is 3. The molecule has 1 heterocycles. The quantitative estimate of drug-likeness (QED) is 0.870. The summed E-state index contributed by atoms with van der Waals surface area (Å²) in [5.41, 5.74) is 0. The molecular weight excluding hydrogens is 362 g/mol. The molecule has 1 aliphatic rings. The Kier molecular flexibility index (Phi) is 5.02. The first-order chi connectivity index (χ1) is 11.2. The minimum absolute atomic E-state index is 0.0411. The molecule has 0 aromatic heterocycles. The molecule has 0 saturated heterocycles. The SMILES string of the molecule is O=C(COc1cccc(Br)c1)NC[C@H]1COc2ccccc2O1. The van der Waals surface area contributed by atoms with Crippen LogP contribution in [0.1, 0.15) is 0 Å². The molecule has 1 N–H and O–H groups in total. The van der Waals surface area contributed by atoms with Crippen molar-refractivity contribution in [3.63, 3.8) is 0 Å². The Balaban J connectivity index is 1.43. The maximum atomic E-state index is 11.8. The minimum atomic E-state index is -0.209. The molecule has 1 atom stereocenters. The lowest BCUT2D eigenvalue weighted by Crippen LogP contribution is -2.42. The number of hydrogen-bond donors (Lipinski definition) is 1. The molecule has 0 aliphatic carbocycles. The van der Waals surface area contributed by atoms with Crippen molar-refractivity contribution < 1.29 is 19.0 Å². The van der Waals surface area contributed by atoms with E-state index in [2.05, 4.69) is 21.2 Å². The first kappa shape index (κ1) is 15.7. The number of fused-ring (bicyclic) bond motifs is 1. The lowest BCUT2D eigenvalue weighted by molar-refractivity contribution is -0.123. The fourth-order valence-corrected chi connectivity index (χ4v) is 2.53. The van der Waals surface area contributed by atoms with Gasteiger partial charge in [0.2, 0.25) is 0 Å². The summed E-state index contributed by atoms with van der Waals surface area (Å²) >= 11 is 3.35. The van der Waals surface area contributed by atoms with E-state index in [4.69, 9.17) is 14.2 Å². The highest BCUT2D eigenvalue weighted by atomic mass is 79.9. The second kappa shape index (κ2) is 7.37. The summed E-state index contributed by atoms with van der Waals surface area (Å²) in [5, 5.41) is 2.79. The van der Waals surface area contributed by atoms with Crippen molar-refractivity contribution in [1.29, 1.82) is 0 Å². The number of amides is 1. The zero-order valence-corrected chi connectivity index (χ0v) is 13.9. The average molecular weight is 378 g/mol. The normalized spacial score (nSPS) is 15.8. The number of rotatable bonds is 5. The standard InChI is InChI=1S/C17H16BrNO4/c18-12-4-3-5-13(8-12)21-11-17(20)19-9-14-10-22-15-6-1-2-7-16(15)23-14/h1-8,14H,9-11H2,(H,19,20)/t14-/m0/s1. The van der Waals surface area contributed by atoms with Crippen LogP contribution in [0, 0.1) is 0 Å². The van der Waals surface area contributed by atoms with Gasteiger partial charge in [-0.1, -0.05) is 34.1 Å². The zero-order valence-electron chi connectivity index (χ0n) is 12.3.